The van der Waals surface area contributed by atoms with Crippen molar-refractivity contribution < 1.29 is 18.8 Å². The van der Waals surface area contributed by atoms with E-state index in [2.05, 4.69) is 15.5 Å². The van der Waals surface area contributed by atoms with Crippen LogP contribution in [0.3, 0.4) is 0 Å². The number of amides is 1. The number of hydrogen-bond donors (Lipinski definition) is 1. The predicted molar refractivity (Wildman–Crippen MR) is 89.7 cm³/mol. The fourth-order valence-corrected chi connectivity index (χ4v) is 2.83. The van der Waals surface area contributed by atoms with Gasteiger partial charge in [0.2, 0.25) is 0 Å². The third kappa shape index (κ3) is 4.23. The molecule has 1 aromatic heterocycles. The minimum atomic E-state index is -0.827. The van der Waals surface area contributed by atoms with E-state index in [1.165, 1.54) is 0 Å². The molecule has 1 N–H and O–H groups in total. The zero-order chi connectivity index (χ0) is 17.8. The quantitative estimate of drug-likeness (QED) is 0.839. The number of benzene rings is 1. The van der Waals surface area contributed by atoms with E-state index in [0.29, 0.717) is 22.8 Å². The van der Waals surface area contributed by atoms with E-state index in [9.17, 15) is 9.59 Å². The fraction of sp³-hybridized carbons (Fsp3) is 0.444. The molecule has 1 atom stereocenters. The molecule has 1 saturated carbocycles. The van der Waals surface area contributed by atoms with E-state index in [1.807, 2.05) is 0 Å². The topological polar surface area (TPSA) is 94.3 Å². The molecule has 1 aliphatic carbocycles. The number of hydrogen-bond acceptors (Lipinski definition) is 6. The summed E-state index contributed by atoms with van der Waals surface area (Å²) in [5, 5.41) is 6.65. The van der Waals surface area contributed by atoms with Gasteiger partial charge in [-0.2, -0.15) is 4.98 Å². The molecule has 1 unspecified atom stereocenters. The Labute approximate surface area is 145 Å². The van der Waals surface area contributed by atoms with Crippen molar-refractivity contribution in [3.63, 3.8) is 0 Å². The number of esters is 1. The summed E-state index contributed by atoms with van der Waals surface area (Å²) in [6.07, 6.45) is 3.41. The standard InChI is InChI=1S/C18H21N3O4/c1-11(16(22)20-15-5-3-4-6-15)24-18(23)14-9-7-13(8-10-14)17-19-12(2)21-25-17/h7-11,15H,3-6H2,1-2H3,(H,20,22). The van der Waals surface area contributed by atoms with Crippen LogP contribution < -0.4 is 5.32 Å². The van der Waals surface area contributed by atoms with Gasteiger partial charge in [-0.15, -0.1) is 0 Å². The Morgan fingerprint density at radius 2 is 1.92 bits per heavy atom. The average molecular weight is 343 g/mol. The van der Waals surface area contributed by atoms with Crippen LogP contribution >= 0.6 is 0 Å². The highest BCUT2D eigenvalue weighted by Crippen LogP contribution is 2.19. The number of carbonyl (C=O) groups is 2. The second-order valence-electron chi connectivity index (χ2n) is 6.26. The van der Waals surface area contributed by atoms with Gasteiger partial charge in [0, 0.05) is 11.6 Å². The molecule has 3 rings (SSSR count). The molecule has 1 amide bonds. The molecule has 7 heteroatoms. The summed E-state index contributed by atoms with van der Waals surface area (Å²) in [5.74, 6) is 0.142. The minimum absolute atomic E-state index is 0.200. The van der Waals surface area contributed by atoms with Crippen molar-refractivity contribution >= 4 is 11.9 Å². The zero-order valence-electron chi connectivity index (χ0n) is 14.3. The molecular formula is C18H21N3O4. The number of nitrogens with one attached hydrogen (secondary N) is 1. The van der Waals surface area contributed by atoms with Crippen molar-refractivity contribution in [2.75, 3.05) is 0 Å². The first-order chi connectivity index (χ1) is 12.0. The summed E-state index contributed by atoms with van der Waals surface area (Å²) in [7, 11) is 0. The van der Waals surface area contributed by atoms with E-state index >= 15 is 0 Å². The maximum absolute atomic E-state index is 12.2. The highest BCUT2D eigenvalue weighted by atomic mass is 16.5. The molecular weight excluding hydrogens is 322 g/mol. The molecule has 132 valence electrons. The molecule has 25 heavy (non-hydrogen) atoms. The largest absolute Gasteiger partial charge is 0.449 e. The van der Waals surface area contributed by atoms with Crippen molar-refractivity contribution in [3.05, 3.63) is 35.7 Å². The molecule has 0 saturated heterocycles. The van der Waals surface area contributed by atoms with Gasteiger partial charge in [-0.25, -0.2) is 4.79 Å². The van der Waals surface area contributed by atoms with Crippen molar-refractivity contribution in [1.29, 1.82) is 0 Å². The maximum Gasteiger partial charge on any atom is 0.338 e. The van der Waals surface area contributed by atoms with E-state index < -0.39 is 12.1 Å². The molecule has 0 bridgehead atoms. The summed E-state index contributed by atoms with van der Waals surface area (Å²) in [5.41, 5.74) is 1.07. The van der Waals surface area contributed by atoms with Gasteiger partial charge in [0.1, 0.15) is 0 Å². The molecule has 0 spiro atoms. The first-order valence-corrected chi connectivity index (χ1v) is 8.45. The van der Waals surface area contributed by atoms with Gasteiger partial charge in [-0.05, 0) is 51.0 Å². The average Bonchev–Trinajstić information content (AvgIpc) is 3.26. The Balaban J connectivity index is 1.57. The fourth-order valence-electron chi connectivity index (χ4n) is 2.83. The Morgan fingerprint density at radius 3 is 2.52 bits per heavy atom. The summed E-state index contributed by atoms with van der Waals surface area (Å²) in [6.45, 7) is 3.31. The van der Waals surface area contributed by atoms with Crippen LogP contribution in [0.15, 0.2) is 28.8 Å². The Morgan fingerprint density at radius 1 is 1.24 bits per heavy atom. The molecule has 1 aliphatic rings. The van der Waals surface area contributed by atoms with Gasteiger partial charge in [-0.1, -0.05) is 18.0 Å². The van der Waals surface area contributed by atoms with Crippen molar-refractivity contribution in [1.82, 2.24) is 15.5 Å². The first-order valence-electron chi connectivity index (χ1n) is 8.45. The summed E-state index contributed by atoms with van der Waals surface area (Å²) >= 11 is 0. The lowest BCUT2D eigenvalue weighted by Crippen LogP contribution is -2.40. The molecule has 2 aromatic rings. The maximum atomic E-state index is 12.2. The van der Waals surface area contributed by atoms with Crippen LogP contribution in [0.1, 0.15) is 48.8 Å². The minimum Gasteiger partial charge on any atom is -0.449 e. The molecule has 1 fully saturated rings. The van der Waals surface area contributed by atoms with E-state index in [0.717, 1.165) is 25.7 Å². The summed E-state index contributed by atoms with van der Waals surface area (Å²) in [6, 6.07) is 6.82. The Kier molecular flexibility index (Phi) is 5.11. The molecule has 1 aromatic carbocycles. The molecule has 0 aliphatic heterocycles. The van der Waals surface area contributed by atoms with Gasteiger partial charge >= 0.3 is 5.97 Å². The SMILES string of the molecule is Cc1noc(-c2ccc(C(=O)OC(C)C(=O)NC3CCCC3)cc2)n1. The van der Waals surface area contributed by atoms with E-state index in [-0.39, 0.29) is 11.9 Å². The third-order valence-electron chi connectivity index (χ3n) is 4.25. The molecule has 0 radical (unpaired) electrons. The van der Waals surface area contributed by atoms with Crippen LogP contribution in [-0.2, 0) is 9.53 Å². The Bertz CT molecular complexity index is 748. The van der Waals surface area contributed by atoms with Crippen LogP contribution in [0.25, 0.3) is 11.5 Å². The number of aromatic nitrogens is 2. The Hall–Kier alpha value is -2.70. The van der Waals surface area contributed by atoms with Gasteiger partial charge in [-0.3, -0.25) is 4.79 Å². The van der Waals surface area contributed by atoms with E-state index in [4.69, 9.17) is 9.26 Å². The van der Waals surface area contributed by atoms with Crippen LogP contribution in [0.4, 0.5) is 0 Å². The van der Waals surface area contributed by atoms with Crippen molar-refractivity contribution in [3.8, 4) is 11.5 Å². The van der Waals surface area contributed by atoms with Crippen LogP contribution in [0.2, 0.25) is 0 Å². The van der Waals surface area contributed by atoms with Gasteiger partial charge < -0.3 is 14.6 Å². The monoisotopic (exact) mass is 343 g/mol. The van der Waals surface area contributed by atoms with Gasteiger partial charge in [0.15, 0.2) is 11.9 Å². The van der Waals surface area contributed by atoms with Gasteiger partial charge in [0.05, 0.1) is 5.56 Å². The first kappa shape index (κ1) is 17.1. The number of aryl methyl sites for hydroxylation is 1. The number of nitrogens with zero attached hydrogens (tertiary/aromatic N) is 2. The van der Waals surface area contributed by atoms with E-state index in [1.54, 1.807) is 38.1 Å². The lowest BCUT2D eigenvalue weighted by atomic mass is 10.1. The number of ether oxygens (including phenoxy) is 1. The van der Waals surface area contributed by atoms with Crippen molar-refractivity contribution in [2.24, 2.45) is 0 Å². The highest BCUT2D eigenvalue weighted by molar-refractivity contribution is 5.92. The summed E-state index contributed by atoms with van der Waals surface area (Å²) in [4.78, 5) is 28.4. The van der Waals surface area contributed by atoms with Crippen LogP contribution in [-0.4, -0.2) is 34.2 Å². The number of carbonyl (C=O) groups excluding carboxylic acids is 2. The molecule has 7 nitrogen and oxygen atoms in total. The predicted octanol–water partition coefficient (Wildman–Crippen LogP) is 2.65. The summed E-state index contributed by atoms with van der Waals surface area (Å²) < 4.78 is 10.3. The normalized spacial score (nSPS) is 15.8. The lowest BCUT2D eigenvalue weighted by Gasteiger charge is -2.17. The van der Waals surface area contributed by atoms with Gasteiger partial charge in [0.25, 0.3) is 11.8 Å². The smallest absolute Gasteiger partial charge is 0.338 e. The van der Waals surface area contributed by atoms with Crippen molar-refractivity contribution in [2.45, 2.75) is 51.7 Å². The number of rotatable bonds is 5. The highest BCUT2D eigenvalue weighted by Gasteiger charge is 2.23. The third-order valence-corrected chi connectivity index (χ3v) is 4.25. The van der Waals surface area contributed by atoms with Crippen LogP contribution in [0, 0.1) is 6.92 Å². The van der Waals surface area contributed by atoms with Crippen LogP contribution in [0.5, 0.6) is 0 Å². The molecule has 1 heterocycles. The second-order valence-corrected chi connectivity index (χ2v) is 6.26. The second kappa shape index (κ2) is 7.46. The lowest BCUT2D eigenvalue weighted by molar-refractivity contribution is -0.129. The zero-order valence-corrected chi connectivity index (χ0v) is 14.3.